The number of benzene rings is 1. The van der Waals surface area contributed by atoms with Crippen molar-refractivity contribution in [2.24, 2.45) is 0 Å². The van der Waals surface area contributed by atoms with E-state index in [1.807, 2.05) is 18.2 Å². The van der Waals surface area contributed by atoms with Crippen LogP contribution < -0.4 is 4.90 Å². The molecule has 0 amide bonds. The first-order valence-corrected chi connectivity index (χ1v) is 11.6. The Morgan fingerprint density at radius 1 is 1.27 bits per heavy atom. The van der Waals surface area contributed by atoms with Gasteiger partial charge in [-0.2, -0.15) is 0 Å². The van der Waals surface area contributed by atoms with Crippen LogP contribution in [0.25, 0.3) is 20.7 Å². The lowest BCUT2D eigenvalue weighted by Gasteiger charge is -2.24. The van der Waals surface area contributed by atoms with Crippen molar-refractivity contribution in [1.29, 1.82) is 0 Å². The Kier molecular flexibility index (Phi) is 5.18. The molecule has 0 N–H and O–H groups in total. The fourth-order valence-corrected chi connectivity index (χ4v) is 5.77. The molecule has 1 unspecified atom stereocenters. The van der Waals surface area contributed by atoms with Crippen LogP contribution in [0.2, 0.25) is 0 Å². The minimum atomic E-state index is -0.362. The maximum Gasteiger partial charge on any atom is 0.357 e. The fraction of sp³-hybridized carbons (Fsp3) is 0.273. The number of carbonyl (C=O) groups excluding carboxylic acids is 1. The molecule has 1 atom stereocenters. The van der Waals surface area contributed by atoms with E-state index in [0.29, 0.717) is 12.3 Å². The van der Waals surface area contributed by atoms with E-state index in [9.17, 15) is 4.79 Å². The topological polar surface area (TPSA) is 68.2 Å². The van der Waals surface area contributed by atoms with E-state index < -0.39 is 0 Å². The summed E-state index contributed by atoms with van der Waals surface area (Å²) in [6.45, 7) is 3.05. The molecule has 1 aliphatic heterocycles. The Morgan fingerprint density at radius 2 is 2.13 bits per heavy atom. The zero-order valence-electron chi connectivity index (χ0n) is 16.4. The summed E-state index contributed by atoms with van der Waals surface area (Å²) < 4.78 is 5.09. The van der Waals surface area contributed by atoms with E-state index >= 15 is 0 Å². The molecule has 4 aromatic rings. The summed E-state index contributed by atoms with van der Waals surface area (Å²) >= 11 is 3.19. The van der Waals surface area contributed by atoms with Crippen LogP contribution in [0.5, 0.6) is 0 Å². The largest absolute Gasteiger partial charge is 0.461 e. The van der Waals surface area contributed by atoms with Gasteiger partial charge in [-0.1, -0.05) is 30.3 Å². The summed E-state index contributed by atoms with van der Waals surface area (Å²) in [5.41, 5.74) is 1.57. The lowest BCUT2D eigenvalue weighted by Crippen LogP contribution is -2.23. The maximum absolute atomic E-state index is 12.0. The molecule has 3 aromatic heterocycles. The quantitative estimate of drug-likeness (QED) is 0.394. The highest BCUT2D eigenvalue weighted by Crippen LogP contribution is 2.42. The van der Waals surface area contributed by atoms with Crippen LogP contribution in [0.3, 0.4) is 0 Å². The standard InChI is InChI=1S/C22H20N4O2S2/c1-2-28-22(27)16-12-29-21(25-16)17-9-6-10-26(17)19-15-11-18(14-7-4-3-5-8-14)30-20(15)24-13-23-19/h3-5,7-8,11-13,17H,2,6,9-10H2,1H3. The average Bonchev–Trinajstić information content (AvgIpc) is 3.52. The normalized spacial score (nSPS) is 16.3. The molecule has 8 heteroatoms. The zero-order chi connectivity index (χ0) is 20.5. The number of anilines is 1. The van der Waals surface area contributed by atoms with Gasteiger partial charge in [-0.15, -0.1) is 22.7 Å². The Bertz CT molecular complexity index is 1190. The van der Waals surface area contributed by atoms with Crippen molar-refractivity contribution < 1.29 is 9.53 Å². The zero-order valence-corrected chi connectivity index (χ0v) is 18.1. The van der Waals surface area contributed by atoms with Crippen molar-refractivity contribution in [2.75, 3.05) is 18.1 Å². The number of ether oxygens (including phenoxy) is 1. The van der Waals surface area contributed by atoms with Crippen LogP contribution in [0.15, 0.2) is 48.1 Å². The molecule has 0 aliphatic carbocycles. The molecule has 0 spiro atoms. The first-order chi connectivity index (χ1) is 14.7. The third kappa shape index (κ3) is 3.46. The SMILES string of the molecule is CCOC(=O)c1csc(C2CCCN2c2ncnc3sc(-c4ccccc4)cc23)n1. The second-order valence-corrected chi connectivity index (χ2v) is 8.96. The summed E-state index contributed by atoms with van der Waals surface area (Å²) in [7, 11) is 0. The van der Waals surface area contributed by atoms with Crippen LogP contribution in [0.4, 0.5) is 5.82 Å². The molecule has 1 aliphatic rings. The highest BCUT2D eigenvalue weighted by molar-refractivity contribution is 7.21. The third-order valence-corrected chi connectivity index (χ3v) is 7.22. The van der Waals surface area contributed by atoms with E-state index in [4.69, 9.17) is 4.74 Å². The minimum Gasteiger partial charge on any atom is -0.461 e. The van der Waals surface area contributed by atoms with Gasteiger partial charge in [0, 0.05) is 16.8 Å². The molecule has 30 heavy (non-hydrogen) atoms. The van der Waals surface area contributed by atoms with Crippen LogP contribution in [-0.4, -0.2) is 34.1 Å². The van der Waals surface area contributed by atoms with Gasteiger partial charge in [0.05, 0.1) is 18.0 Å². The summed E-state index contributed by atoms with van der Waals surface area (Å²) in [6.07, 6.45) is 3.68. The maximum atomic E-state index is 12.0. The molecule has 5 rings (SSSR count). The number of thiophene rings is 1. The highest BCUT2D eigenvalue weighted by Gasteiger charge is 2.31. The van der Waals surface area contributed by atoms with Crippen molar-refractivity contribution in [3.63, 3.8) is 0 Å². The van der Waals surface area contributed by atoms with Crippen LogP contribution in [-0.2, 0) is 4.74 Å². The second kappa shape index (κ2) is 8.12. The van der Waals surface area contributed by atoms with E-state index in [1.165, 1.54) is 21.8 Å². The Balaban J connectivity index is 1.50. The monoisotopic (exact) mass is 436 g/mol. The van der Waals surface area contributed by atoms with Gasteiger partial charge < -0.3 is 9.64 Å². The van der Waals surface area contributed by atoms with Gasteiger partial charge in [0.15, 0.2) is 5.69 Å². The smallest absolute Gasteiger partial charge is 0.357 e. The predicted molar refractivity (Wildman–Crippen MR) is 120 cm³/mol. The number of fused-ring (bicyclic) bond motifs is 1. The van der Waals surface area contributed by atoms with Crippen LogP contribution >= 0.6 is 22.7 Å². The predicted octanol–water partition coefficient (Wildman–Crippen LogP) is 5.33. The number of aromatic nitrogens is 3. The molecule has 1 aromatic carbocycles. The van der Waals surface area contributed by atoms with Crippen LogP contribution in [0, 0.1) is 0 Å². The summed E-state index contributed by atoms with van der Waals surface area (Å²) in [5, 5.41) is 3.79. The summed E-state index contributed by atoms with van der Waals surface area (Å²) in [6, 6.07) is 12.6. The van der Waals surface area contributed by atoms with Crippen LogP contribution in [0.1, 0.15) is 41.3 Å². The van der Waals surface area contributed by atoms with E-state index in [0.717, 1.165) is 40.4 Å². The van der Waals surface area contributed by atoms with Gasteiger partial charge in [-0.05, 0) is 31.4 Å². The Morgan fingerprint density at radius 3 is 2.97 bits per heavy atom. The van der Waals surface area contributed by atoms with Gasteiger partial charge >= 0.3 is 5.97 Å². The second-order valence-electron chi connectivity index (χ2n) is 7.04. The summed E-state index contributed by atoms with van der Waals surface area (Å²) in [4.78, 5) is 30.2. The molecular weight excluding hydrogens is 416 g/mol. The third-order valence-electron chi connectivity index (χ3n) is 5.18. The lowest BCUT2D eigenvalue weighted by molar-refractivity contribution is 0.0520. The van der Waals surface area contributed by atoms with Gasteiger partial charge in [0.1, 0.15) is 22.0 Å². The first kappa shape index (κ1) is 19.1. The summed E-state index contributed by atoms with van der Waals surface area (Å²) in [5.74, 6) is 0.577. The average molecular weight is 437 g/mol. The molecule has 4 heterocycles. The van der Waals surface area contributed by atoms with Gasteiger partial charge in [-0.25, -0.2) is 19.7 Å². The van der Waals surface area contributed by atoms with Crippen molar-refractivity contribution in [2.45, 2.75) is 25.8 Å². The first-order valence-electron chi connectivity index (χ1n) is 9.93. The van der Waals surface area contributed by atoms with Crippen molar-refractivity contribution in [1.82, 2.24) is 15.0 Å². The number of hydrogen-bond donors (Lipinski definition) is 0. The van der Waals surface area contributed by atoms with Crippen molar-refractivity contribution in [3.8, 4) is 10.4 Å². The van der Waals surface area contributed by atoms with E-state index in [-0.39, 0.29) is 12.0 Å². The number of hydrogen-bond acceptors (Lipinski definition) is 8. The fourth-order valence-electron chi connectivity index (χ4n) is 3.83. The van der Waals surface area contributed by atoms with E-state index in [2.05, 4.69) is 38.1 Å². The van der Waals surface area contributed by atoms with Gasteiger partial charge in [0.25, 0.3) is 0 Å². The van der Waals surface area contributed by atoms with E-state index in [1.54, 1.807) is 30.0 Å². The molecule has 152 valence electrons. The number of thiazole rings is 1. The Hall–Kier alpha value is -2.84. The molecular formula is C22H20N4O2S2. The molecule has 6 nitrogen and oxygen atoms in total. The molecule has 0 bridgehead atoms. The molecule has 0 saturated carbocycles. The number of nitrogens with zero attached hydrogens (tertiary/aromatic N) is 4. The Labute approximate surface area is 182 Å². The molecule has 0 radical (unpaired) electrons. The van der Waals surface area contributed by atoms with Gasteiger partial charge in [-0.3, -0.25) is 0 Å². The molecule has 1 fully saturated rings. The highest BCUT2D eigenvalue weighted by atomic mass is 32.1. The van der Waals surface area contributed by atoms with Crippen molar-refractivity contribution in [3.05, 3.63) is 58.8 Å². The van der Waals surface area contributed by atoms with Crippen molar-refractivity contribution >= 4 is 44.7 Å². The number of esters is 1. The minimum absolute atomic E-state index is 0.108. The van der Waals surface area contributed by atoms with Gasteiger partial charge in [0.2, 0.25) is 0 Å². The number of rotatable bonds is 5. The number of carbonyl (C=O) groups is 1. The lowest BCUT2D eigenvalue weighted by atomic mass is 10.2. The molecule has 1 saturated heterocycles.